The summed E-state index contributed by atoms with van der Waals surface area (Å²) in [4.78, 5) is 28.1. The first-order chi connectivity index (χ1) is 15.0. The molecule has 31 heavy (non-hydrogen) atoms. The van der Waals surface area contributed by atoms with Gasteiger partial charge in [0.05, 0.1) is 12.1 Å². The second kappa shape index (κ2) is 9.53. The van der Waals surface area contributed by atoms with Gasteiger partial charge >= 0.3 is 0 Å². The van der Waals surface area contributed by atoms with E-state index in [-0.39, 0.29) is 18.1 Å². The molecule has 1 fully saturated rings. The first kappa shape index (κ1) is 21.4. The smallest absolute Gasteiger partial charge is 0.228 e. The van der Waals surface area contributed by atoms with Gasteiger partial charge in [0.1, 0.15) is 16.6 Å². The highest BCUT2D eigenvalue weighted by molar-refractivity contribution is 7.13. The molecule has 0 unspecified atom stereocenters. The van der Waals surface area contributed by atoms with Crippen molar-refractivity contribution in [3.63, 3.8) is 0 Å². The van der Waals surface area contributed by atoms with Gasteiger partial charge < -0.3 is 14.7 Å². The lowest BCUT2D eigenvalue weighted by molar-refractivity contribution is -0.130. The number of hydrogen-bond acceptors (Lipinski definition) is 6. The molecule has 1 saturated heterocycles. The molecule has 0 aliphatic carbocycles. The molecule has 162 valence electrons. The number of amides is 1. The highest BCUT2D eigenvalue weighted by atomic mass is 32.1. The van der Waals surface area contributed by atoms with Gasteiger partial charge in [-0.1, -0.05) is 18.2 Å². The molecular weight excluding hydrogens is 413 g/mol. The fourth-order valence-electron chi connectivity index (χ4n) is 3.66. The minimum atomic E-state index is -0.287. The number of halogens is 1. The normalized spacial score (nSPS) is 14.3. The Morgan fingerprint density at radius 1 is 1.16 bits per heavy atom. The topological polar surface area (TPSA) is 52.6 Å². The van der Waals surface area contributed by atoms with Crippen LogP contribution in [0.15, 0.2) is 48.0 Å². The van der Waals surface area contributed by atoms with Gasteiger partial charge in [-0.15, -0.1) is 11.3 Å². The Bertz CT molecular complexity index is 1030. The molecule has 0 bridgehead atoms. The molecule has 1 aromatic carbocycles. The van der Waals surface area contributed by atoms with E-state index < -0.39 is 0 Å². The van der Waals surface area contributed by atoms with Crippen LogP contribution in [0.3, 0.4) is 0 Å². The number of pyridine rings is 1. The van der Waals surface area contributed by atoms with Crippen molar-refractivity contribution >= 4 is 23.1 Å². The van der Waals surface area contributed by atoms with Crippen molar-refractivity contribution in [1.29, 1.82) is 0 Å². The molecule has 0 atom stereocenters. The van der Waals surface area contributed by atoms with Gasteiger partial charge in [0, 0.05) is 49.9 Å². The SMILES string of the molecule is CN(C)Cc1ccc(N2CCN(C(=O)Cc3csc(-c4cccc(F)c4)n3)CC2)nc1. The zero-order chi connectivity index (χ0) is 21.8. The van der Waals surface area contributed by atoms with Crippen LogP contribution < -0.4 is 4.90 Å². The Hall–Kier alpha value is -2.84. The van der Waals surface area contributed by atoms with Crippen LogP contribution in [0.4, 0.5) is 10.2 Å². The van der Waals surface area contributed by atoms with Gasteiger partial charge in [-0.05, 0) is 37.9 Å². The van der Waals surface area contributed by atoms with Crippen molar-refractivity contribution in [3.05, 3.63) is 65.0 Å². The van der Waals surface area contributed by atoms with Crippen LogP contribution in [-0.4, -0.2) is 65.9 Å². The van der Waals surface area contributed by atoms with E-state index in [0.717, 1.165) is 41.7 Å². The number of nitrogens with zero attached hydrogens (tertiary/aromatic N) is 5. The van der Waals surface area contributed by atoms with Crippen molar-refractivity contribution in [2.75, 3.05) is 45.2 Å². The molecule has 1 aliphatic rings. The number of hydrogen-bond donors (Lipinski definition) is 0. The van der Waals surface area contributed by atoms with E-state index >= 15 is 0 Å². The van der Waals surface area contributed by atoms with Crippen LogP contribution in [0.5, 0.6) is 0 Å². The molecule has 3 heterocycles. The molecule has 4 rings (SSSR count). The van der Waals surface area contributed by atoms with E-state index in [9.17, 15) is 9.18 Å². The molecule has 0 radical (unpaired) electrons. The standard InChI is InChI=1S/C23H26FN5OS/c1-27(2)15-17-6-7-21(25-14-17)28-8-10-29(11-9-28)22(30)13-20-16-31-23(26-20)18-4-3-5-19(24)12-18/h3-7,12,14,16H,8-11,13,15H2,1-2H3. The number of aromatic nitrogens is 2. The fourth-order valence-corrected chi connectivity index (χ4v) is 4.47. The lowest BCUT2D eigenvalue weighted by atomic mass is 10.2. The maximum absolute atomic E-state index is 13.4. The number of thiazole rings is 1. The van der Waals surface area contributed by atoms with Crippen LogP contribution in [0.2, 0.25) is 0 Å². The Labute approximate surface area is 186 Å². The molecule has 6 nitrogen and oxygen atoms in total. The summed E-state index contributed by atoms with van der Waals surface area (Å²) in [6.45, 7) is 3.73. The van der Waals surface area contributed by atoms with Crippen molar-refractivity contribution in [1.82, 2.24) is 19.8 Å². The Morgan fingerprint density at radius 3 is 2.65 bits per heavy atom. The zero-order valence-corrected chi connectivity index (χ0v) is 18.6. The molecular formula is C23H26FN5OS. The lowest BCUT2D eigenvalue weighted by Gasteiger charge is -2.35. The summed E-state index contributed by atoms with van der Waals surface area (Å²) in [6, 6.07) is 10.5. The molecule has 1 amide bonds. The van der Waals surface area contributed by atoms with Crippen molar-refractivity contribution in [2.45, 2.75) is 13.0 Å². The number of piperazine rings is 1. The summed E-state index contributed by atoms with van der Waals surface area (Å²) in [5.74, 6) is 0.740. The largest absolute Gasteiger partial charge is 0.353 e. The molecule has 0 N–H and O–H groups in total. The van der Waals surface area contributed by atoms with Crippen molar-refractivity contribution in [3.8, 4) is 10.6 Å². The average Bonchev–Trinajstić information content (AvgIpc) is 3.22. The molecule has 1 aliphatic heterocycles. The van der Waals surface area contributed by atoms with Crippen molar-refractivity contribution < 1.29 is 9.18 Å². The highest BCUT2D eigenvalue weighted by Gasteiger charge is 2.22. The first-order valence-corrected chi connectivity index (χ1v) is 11.2. The van der Waals surface area contributed by atoms with Crippen LogP contribution in [-0.2, 0) is 17.8 Å². The predicted octanol–water partition coefficient (Wildman–Crippen LogP) is 3.30. The maximum Gasteiger partial charge on any atom is 0.228 e. The van der Waals surface area contributed by atoms with Gasteiger partial charge in [0.25, 0.3) is 0 Å². The summed E-state index contributed by atoms with van der Waals surface area (Å²) in [6.07, 6.45) is 2.19. The zero-order valence-electron chi connectivity index (χ0n) is 17.8. The second-order valence-corrected chi connectivity index (χ2v) is 8.82. The summed E-state index contributed by atoms with van der Waals surface area (Å²) in [5, 5.41) is 2.61. The number of anilines is 1. The lowest BCUT2D eigenvalue weighted by Crippen LogP contribution is -2.49. The average molecular weight is 440 g/mol. The first-order valence-electron chi connectivity index (χ1n) is 10.3. The van der Waals surface area contributed by atoms with Gasteiger partial charge in [-0.25, -0.2) is 14.4 Å². The van der Waals surface area contributed by atoms with Crippen molar-refractivity contribution in [2.24, 2.45) is 0 Å². The minimum absolute atomic E-state index is 0.0741. The molecule has 8 heteroatoms. The summed E-state index contributed by atoms with van der Waals surface area (Å²) >= 11 is 1.43. The number of carbonyl (C=O) groups excluding carboxylic acids is 1. The minimum Gasteiger partial charge on any atom is -0.353 e. The predicted molar refractivity (Wildman–Crippen MR) is 122 cm³/mol. The molecule has 2 aromatic heterocycles. The number of carbonyl (C=O) groups is 1. The maximum atomic E-state index is 13.4. The Morgan fingerprint density at radius 2 is 1.97 bits per heavy atom. The molecule has 3 aromatic rings. The van der Waals surface area contributed by atoms with E-state index in [2.05, 4.69) is 31.9 Å². The fraction of sp³-hybridized carbons (Fsp3) is 0.348. The number of benzene rings is 1. The van der Waals surface area contributed by atoms with Crippen LogP contribution in [0, 0.1) is 5.82 Å². The Kier molecular flexibility index (Phi) is 6.58. The van der Waals surface area contributed by atoms with Gasteiger partial charge in [0.15, 0.2) is 0 Å². The van der Waals surface area contributed by atoms with E-state index in [1.54, 1.807) is 6.07 Å². The third kappa shape index (κ3) is 5.45. The quantitative estimate of drug-likeness (QED) is 0.590. The third-order valence-electron chi connectivity index (χ3n) is 5.22. The van der Waals surface area contributed by atoms with Crippen LogP contribution in [0.1, 0.15) is 11.3 Å². The van der Waals surface area contributed by atoms with Crippen LogP contribution >= 0.6 is 11.3 Å². The number of rotatable bonds is 6. The molecule has 0 spiro atoms. The van der Waals surface area contributed by atoms with E-state index in [0.29, 0.717) is 13.1 Å². The van der Waals surface area contributed by atoms with Gasteiger partial charge in [-0.3, -0.25) is 4.79 Å². The monoisotopic (exact) mass is 439 g/mol. The van der Waals surface area contributed by atoms with Gasteiger partial charge in [0.2, 0.25) is 5.91 Å². The summed E-state index contributed by atoms with van der Waals surface area (Å²) < 4.78 is 13.4. The van der Waals surface area contributed by atoms with Gasteiger partial charge in [-0.2, -0.15) is 0 Å². The summed E-state index contributed by atoms with van der Waals surface area (Å²) in [7, 11) is 4.08. The summed E-state index contributed by atoms with van der Waals surface area (Å²) in [5.41, 5.74) is 2.65. The van der Waals surface area contributed by atoms with E-state index in [1.807, 2.05) is 36.6 Å². The van der Waals surface area contributed by atoms with Crippen LogP contribution in [0.25, 0.3) is 10.6 Å². The van der Waals surface area contributed by atoms with E-state index in [1.165, 1.54) is 29.0 Å². The third-order valence-corrected chi connectivity index (χ3v) is 6.16. The van der Waals surface area contributed by atoms with E-state index in [4.69, 9.17) is 0 Å². The second-order valence-electron chi connectivity index (χ2n) is 7.96. The molecule has 0 saturated carbocycles. The highest BCUT2D eigenvalue weighted by Crippen LogP contribution is 2.25. The Balaban J connectivity index is 1.30.